The molecular weight excluding hydrogens is 248 g/mol. The Bertz CT molecular complexity index is 436. The Balaban J connectivity index is 2.24. The lowest BCUT2D eigenvalue weighted by Crippen LogP contribution is -2.47. The first-order valence-electron chi connectivity index (χ1n) is 6.31. The molecule has 0 bridgehead atoms. The standard InChI is InChI=1S/C15H21ClO2/c1-13(2)10-15(17,14(3,4)18-13)9-11-5-7-12(16)8-6-11/h5-8,17H,9-10H2,1-4H3. The van der Waals surface area contributed by atoms with Crippen molar-refractivity contribution in [3.8, 4) is 0 Å². The summed E-state index contributed by atoms with van der Waals surface area (Å²) in [6.45, 7) is 7.96. The van der Waals surface area contributed by atoms with E-state index < -0.39 is 11.2 Å². The summed E-state index contributed by atoms with van der Waals surface area (Å²) in [4.78, 5) is 0. The Kier molecular flexibility index (Phi) is 3.25. The first kappa shape index (κ1) is 13.9. The number of halogens is 1. The van der Waals surface area contributed by atoms with Crippen LogP contribution in [0.15, 0.2) is 24.3 Å². The minimum atomic E-state index is -0.843. The van der Waals surface area contributed by atoms with E-state index in [1.54, 1.807) is 0 Å². The highest BCUT2D eigenvalue weighted by Gasteiger charge is 2.56. The number of rotatable bonds is 2. The van der Waals surface area contributed by atoms with Gasteiger partial charge in [-0.2, -0.15) is 0 Å². The van der Waals surface area contributed by atoms with Crippen molar-refractivity contribution in [2.45, 2.75) is 57.3 Å². The van der Waals surface area contributed by atoms with Crippen LogP contribution in [0, 0.1) is 0 Å². The van der Waals surface area contributed by atoms with Crippen molar-refractivity contribution >= 4 is 11.6 Å². The average Bonchev–Trinajstić information content (AvgIpc) is 2.34. The van der Waals surface area contributed by atoms with Crippen LogP contribution in [0.25, 0.3) is 0 Å². The Morgan fingerprint density at radius 2 is 1.72 bits per heavy atom. The van der Waals surface area contributed by atoms with Crippen LogP contribution in [-0.2, 0) is 11.2 Å². The fourth-order valence-corrected chi connectivity index (χ4v) is 3.08. The largest absolute Gasteiger partial charge is 0.386 e. The summed E-state index contributed by atoms with van der Waals surface area (Å²) in [5.74, 6) is 0. The van der Waals surface area contributed by atoms with Crippen LogP contribution in [-0.4, -0.2) is 21.9 Å². The fraction of sp³-hybridized carbons (Fsp3) is 0.600. The van der Waals surface area contributed by atoms with Gasteiger partial charge in [0.25, 0.3) is 0 Å². The Morgan fingerprint density at radius 3 is 2.17 bits per heavy atom. The van der Waals surface area contributed by atoms with E-state index in [2.05, 4.69) is 0 Å². The van der Waals surface area contributed by atoms with Crippen LogP contribution in [0.4, 0.5) is 0 Å². The van der Waals surface area contributed by atoms with E-state index in [0.29, 0.717) is 17.9 Å². The Labute approximate surface area is 114 Å². The highest BCUT2D eigenvalue weighted by atomic mass is 35.5. The van der Waals surface area contributed by atoms with E-state index in [1.807, 2.05) is 52.0 Å². The SMILES string of the molecule is CC1(C)CC(O)(Cc2ccc(Cl)cc2)C(C)(C)O1. The molecule has 0 aliphatic carbocycles. The first-order chi connectivity index (χ1) is 8.14. The summed E-state index contributed by atoms with van der Waals surface area (Å²) in [7, 11) is 0. The van der Waals surface area contributed by atoms with Gasteiger partial charge >= 0.3 is 0 Å². The normalized spacial score (nSPS) is 29.4. The maximum atomic E-state index is 10.9. The highest BCUT2D eigenvalue weighted by molar-refractivity contribution is 6.30. The Morgan fingerprint density at radius 1 is 1.17 bits per heavy atom. The van der Waals surface area contributed by atoms with Gasteiger partial charge in [-0.05, 0) is 45.4 Å². The van der Waals surface area contributed by atoms with Gasteiger partial charge in [-0.3, -0.25) is 0 Å². The minimum absolute atomic E-state index is 0.287. The van der Waals surface area contributed by atoms with Crippen molar-refractivity contribution in [2.75, 3.05) is 0 Å². The molecule has 1 fully saturated rings. The molecule has 1 aliphatic heterocycles. The summed E-state index contributed by atoms with van der Waals surface area (Å²) in [6.07, 6.45) is 1.22. The molecule has 100 valence electrons. The van der Waals surface area contributed by atoms with Crippen molar-refractivity contribution in [3.05, 3.63) is 34.9 Å². The van der Waals surface area contributed by atoms with Crippen molar-refractivity contribution in [2.24, 2.45) is 0 Å². The maximum absolute atomic E-state index is 10.9. The molecule has 0 amide bonds. The van der Waals surface area contributed by atoms with Crippen molar-refractivity contribution in [1.82, 2.24) is 0 Å². The van der Waals surface area contributed by atoms with E-state index in [9.17, 15) is 5.11 Å². The average molecular weight is 269 g/mol. The zero-order chi connectivity index (χ0) is 13.6. The zero-order valence-corrected chi connectivity index (χ0v) is 12.2. The van der Waals surface area contributed by atoms with Crippen LogP contribution in [0.2, 0.25) is 5.02 Å². The summed E-state index contributed by atoms with van der Waals surface area (Å²) < 4.78 is 5.97. The second-order valence-corrected chi connectivity index (χ2v) is 6.82. The molecule has 1 heterocycles. The number of hydrogen-bond donors (Lipinski definition) is 1. The van der Waals surface area contributed by atoms with Crippen LogP contribution >= 0.6 is 11.6 Å². The van der Waals surface area contributed by atoms with Crippen molar-refractivity contribution in [1.29, 1.82) is 0 Å². The van der Waals surface area contributed by atoms with Gasteiger partial charge < -0.3 is 9.84 Å². The second-order valence-electron chi connectivity index (χ2n) is 6.38. The topological polar surface area (TPSA) is 29.5 Å². The molecule has 1 aromatic rings. The minimum Gasteiger partial charge on any atom is -0.386 e. The summed E-state index contributed by atoms with van der Waals surface area (Å²) in [5, 5.41) is 11.6. The van der Waals surface area contributed by atoms with Gasteiger partial charge in [0, 0.05) is 17.9 Å². The third kappa shape index (κ3) is 2.56. The van der Waals surface area contributed by atoms with Crippen LogP contribution in [0.3, 0.4) is 0 Å². The molecule has 2 nitrogen and oxygen atoms in total. The van der Waals surface area contributed by atoms with E-state index in [-0.39, 0.29) is 5.60 Å². The van der Waals surface area contributed by atoms with Crippen LogP contribution in [0.1, 0.15) is 39.7 Å². The lowest BCUT2D eigenvalue weighted by Gasteiger charge is -2.35. The molecule has 0 aromatic heterocycles. The Hall–Kier alpha value is -0.570. The van der Waals surface area contributed by atoms with Gasteiger partial charge in [0.15, 0.2) is 0 Å². The predicted molar refractivity (Wildman–Crippen MR) is 74.0 cm³/mol. The molecule has 0 spiro atoms. The van der Waals surface area contributed by atoms with E-state index in [4.69, 9.17) is 16.3 Å². The first-order valence-corrected chi connectivity index (χ1v) is 6.68. The molecule has 1 atom stereocenters. The van der Waals surface area contributed by atoms with Crippen molar-refractivity contribution < 1.29 is 9.84 Å². The zero-order valence-electron chi connectivity index (χ0n) is 11.5. The van der Waals surface area contributed by atoms with Crippen LogP contribution in [0.5, 0.6) is 0 Å². The van der Waals surface area contributed by atoms with Crippen molar-refractivity contribution in [3.63, 3.8) is 0 Å². The summed E-state index contributed by atoms with van der Waals surface area (Å²) >= 11 is 5.88. The molecule has 1 saturated heterocycles. The predicted octanol–water partition coefficient (Wildman–Crippen LogP) is 3.59. The highest BCUT2D eigenvalue weighted by Crippen LogP contribution is 2.46. The molecule has 1 N–H and O–H groups in total. The third-order valence-electron chi connectivity index (χ3n) is 3.78. The molecule has 3 heteroatoms. The molecule has 2 rings (SSSR count). The monoisotopic (exact) mass is 268 g/mol. The molecule has 1 aromatic carbocycles. The quantitative estimate of drug-likeness (QED) is 0.888. The summed E-state index contributed by atoms with van der Waals surface area (Å²) in [6, 6.07) is 7.63. The smallest absolute Gasteiger partial charge is 0.0998 e. The summed E-state index contributed by atoms with van der Waals surface area (Å²) in [5.41, 5.74) is -0.596. The second kappa shape index (κ2) is 4.22. The van der Waals surface area contributed by atoms with E-state index in [0.717, 1.165) is 5.56 Å². The molecule has 0 saturated carbocycles. The number of benzene rings is 1. The maximum Gasteiger partial charge on any atom is 0.0998 e. The van der Waals surface area contributed by atoms with Gasteiger partial charge in [0.05, 0.1) is 16.8 Å². The van der Waals surface area contributed by atoms with Crippen LogP contribution < -0.4 is 0 Å². The third-order valence-corrected chi connectivity index (χ3v) is 4.03. The number of ether oxygens (including phenoxy) is 1. The van der Waals surface area contributed by atoms with Gasteiger partial charge in [-0.25, -0.2) is 0 Å². The lowest BCUT2D eigenvalue weighted by atomic mass is 9.78. The van der Waals surface area contributed by atoms with Gasteiger partial charge in [0.1, 0.15) is 0 Å². The number of aliphatic hydroxyl groups is 1. The molecule has 1 aliphatic rings. The van der Waals surface area contributed by atoms with Gasteiger partial charge in [-0.1, -0.05) is 23.7 Å². The molecule has 18 heavy (non-hydrogen) atoms. The van der Waals surface area contributed by atoms with Gasteiger partial charge in [0.2, 0.25) is 0 Å². The molecular formula is C15H21ClO2. The van der Waals surface area contributed by atoms with E-state index >= 15 is 0 Å². The lowest BCUT2D eigenvalue weighted by molar-refractivity contribution is -0.125. The fourth-order valence-electron chi connectivity index (χ4n) is 2.95. The number of hydrogen-bond acceptors (Lipinski definition) is 2. The van der Waals surface area contributed by atoms with Gasteiger partial charge in [-0.15, -0.1) is 0 Å². The van der Waals surface area contributed by atoms with E-state index in [1.165, 1.54) is 0 Å². The molecule has 1 unspecified atom stereocenters. The molecule has 0 radical (unpaired) electrons.